The number of hydrogen-bond donors (Lipinski definition) is 2. The zero-order valence-corrected chi connectivity index (χ0v) is 7.75. The first kappa shape index (κ1) is 9.75. The predicted octanol–water partition coefficient (Wildman–Crippen LogP) is 0.869. The number of unbranched alkanes of at least 4 members (excludes halogenated alkanes) is 1. The fourth-order valence-electron chi connectivity index (χ4n) is 1.23. The van der Waals surface area contributed by atoms with Gasteiger partial charge in [0.15, 0.2) is 0 Å². The lowest BCUT2D eigenvalue weighted by Gasteiger charge is -2.11. The van der Waals surface area contributed by atoms with Crippen LogP contribution in [0.2, 0.25) is 0 Å². The highest BCUT2D eigenvalue weighted by molar-refractivity contribution is 4.99. The van der Waals surface area contributed by atoms with Crippen LogP contribution in [-0.2, 0) is 0 Å². The summed E-state index contributed by atoms with van der Waals surface area (Å²) in [5, 5.41) is 13.5. The van der Waals surface area contributed by atoms with Gasteiger partial charge in [0, 0.05) is 6.42 Å². The molecular weight excluding hydrogens is 164 g/mol. The fourth-order valence-corrected chi connectivity index (χ4v) is 1.23. The van der Waals surface area contributed by atoms with Crippen LogP contribution in [0.4, 0.5) is 0 Å². The Morgan fingerprint density at radius 1 is 1.77 bits per heavy atom. The van der Waals surface area contributed by atoms with Crippen LogP contribution in [0.3, 0.4) is 0 Å². The Morgan fingerprint density at radius 3 is 3.15 bits per heavy atom. The second-order valence-corrected chi connectivity index (χ2v) is 2.83. The van der Waals surface area contributed by atoms with E-state index in [0.29, 0.717) is 0 Å². The SMILES string of the molecule is C#CCCCC(NC)c1cn[nH]n1. The van der Waals surface area contributed by atoms with E-state index in [2.05, 4.69) is 26.6 Å². The maximum absolute atomic E-state index is 5.17. The molecule has 0 aliphatic heterocycles. The Kier molecular flexibility index (Phi) is 4.00. The maximum atomic E-state index is 5.17. The highest BCUT2D eigenvalue weighted by Gasteiger charge is 2.10. The monoisotopic (exact) mass is 178 g/mol. The average molecular weight is 178 g/mol. The van der Waals surface area contributed by atoms with E-state index in [0.717, 1.165) is 25.0 Å². The largest absolute Gasteiger partial charge is 0.312 e. The number of rotatable bonds is 5. The molecule has 1 aromatic heterocycles. The number of nitrogens with one attached hydrogen (secondary N) is 2. The molecule has 0 fully saturated rings. The number of terminal acetylenes is 1. The van der Waals surface area contributed by atoms with Crippen molar-refractivity contribution < 1.29 is 0 Å². The topological polar surface area (TPSA) is 53.6 Å². The van der Waals surface area contributed by atoms with Gasteiger partial charge in [0.1, 0.15) is 0 Å². The molecule has 0 amide bonds. The Morgan fingerprint density at radius 2 is 2.62 bits per heavy atom. The van der Waals surface area contributed by atoms with Crippen LogP contribution >= 0.6 is 0 Å². The quantitative estimate of drug-likeness (QED) is 0.519. The second-order valence-electron chi connectivity index (χ2n) is 2.83. The minimum Gasteiger partial charge on any atom is -0.312 e. The van der Waals surface area contributed by atoms with Gasteiger partial charge in [-0.05, 0) is 19.9 Å². The third kappa shape index (κ3) is 2.88. The molecule has 2 N–H and O–H groups in total. The molecule has 1 rings (SSSR count). The first-order chi connectivity index (χ1) is 6.38. The summed E-state index contributed by atoms with van der Waals surface area (Å²) in [6, 6.07) is 0.257. The Labute approximate surface area is 78.1 Å². The third-order valence-corrected chi connectivity index (χ3v) is 1.95. The molecule has 0 radical (unpaired) electrons. The minimum absolute atomic E-state index is 0.257. The molecular formula is C9H14N4. The summed E-state index contributed by atoms with van der Waals surface area (Å²) in [4.78, 5) is 0. The van der Waals surface area contributed by atoms with Crippen molar-refractivity contribution in [1.82, 2.24) is 20.7 Å². The Balaban J connectivity index is 2.41. The van der Waals surface area contributed by atoms with Crippen LogP contribution in [-0.4, -0.2) is 22.5 Å². The third-order valence-electron chi connectivity index (χ3n) is 1.95. The van der Waals surface area contributed by atoms with Crippen molar-refractivity contribution in [2.75, 3.05) is 7.05 Å². The average Bonchev–Trinajstić information content (AvgIpc) is 2.65. The molecule has 0 aliphatic rings. The highest BCUT2D eigenvalue weighted by atomic mass is 15.3. The van der Waals surface area contributed by atoms with Crippen molar-refractivity contribution in [2.45, 2.75) is 25.3 Å². The molecule has 0 spiro atoms. The van der Waals surface area contributed by atoms with Gasteiger partial charge in [0.2, 0.25) is 0 Å². The number of hydrogen-bond acceptors (Lipinski definition) is 3. The van der Waals surface area contributed by atoms with Gasteiger partial charge in [0.05, 0.1) is 17.9 Å². The van der Waals surface area contributed by atoms with E-state index < -0.39 is 0 Å². The van der Waals surface area contributed by atoms with Crippen LogP contribution in [0.5, 0.6) is 0 Å². The first-order valence-corrected chi connectivity index (χ1v) is 4.35. The van der Waals surface area contributed by atoms with Gasteiger partial charge in [-0.1, -0.05) is 0 Å². The van der Waals surface area contributed by atoms with E-state index in [-0.39, 0.29) is 6.04 Å². The molecule has 1 atom stereocenters. The van der Waals surface area contributed by atoms with Gasteiger partial charge >= 0.3 is 0 Å². The highest BCUT2D eigenvalue weighted by Crippen LogP contribution is 2.14. The molecule has 0 aromatic carbocycles. The second kappa shape index (κ2) is 5.33. The molecule has 13 heavy (non-hydrogen) atoms. The van der Waals surface area contributed by atoms with Gasteiger partial charge in [-0.15, -0.1) is 12.3 Å². The van der Waals surface area contributed by atoms with Gasteiger partial charge in [-0.2, -0.15) is 15.4 Å². The molecule has 0 bridgehead atoms. The summed E-state index contributed by atoms with van der Waals surface area (Å²) in [5.41, 5.74) is 0.944. The zero-order valence-electron chi connectivity index (χ0n) is 7.75. The number of nitrogens with zero attached hydrogens (tertiary/aromatic N) is 2. The van der Waals surface area contributed by atoms with Gasteiger partial charge < -0.3 is 5.32 Å². The summed E-state index contributed by atoms with van der Waals surface area (Å²) in [6.07, 6.45) is 9.72. The zero-order chi connectivity index (χ0) is 9.52. The fraction of sp³-hybridized carbons (Fsp3) is 0.556. The smallest absolute Gasteiger partial charge is 0.0993 e. The molecule has 0 saturated carbocycles. The van der Waals surface area contributed by atoms with E-state index in [1.165, 1.54) is 0 Å². The van der Waals surface area contributed by atoms with Crippen LogP contribution in [0.1, 0.15) is 31.0 Å². The molecule has 70 valence electrons. The van der Waals surface area contributed by atoms with Gasteiger partial charge in [-0.3, -0.25) is 0 Å². The van der Waals surface area contributed by atoms with Crippen LogP contribution < -0.4 is 5.32 Å². The summed E-state index contributed by atoms with van der Waals surface area (Å²) >= 11 is 0. The standard InChI is InChI=1S/C9H14N4/c1-3-4-5-6-8(10-2)9-7-11-13-12-9/h1,7-8,10H,4-6H2,2H3,(H,11,12,13). The van der Waals surface area contributed by atoms with Crippen molar-refractivity contribution in [3.05, 3.63) is 11.9 Å². The molecule has 1 unspecified atom stereocenters. The van der Waals surface area contributed by atoms with E-state index in [1.807, 2.05) is 7.05 Å². The molecule has 0 aliphatic carbocycles. The van der Waals surface area contributed by atoms with Crippen molar-refractivity contribution >= 4 is 0 Å². The lowest BCUT2D eigenvalue weighted by atomic mass is 10.1. The summed E-state index contributed by atoms with van der Waals surface area (Å²) in [6.45, 7) is 0. The summed E-state index contributed by atoms with van der Waals surface area (Å²) < 4.78 is 0. The van der Waals surface area contributed by atoms with E-state index in [9.17, 15) is 0 Å². The van der Waals surface area contributed by atoms with Gasteiger partial charge in [0.25, 0.3) is 0 Å². The van der Waals surface area contributed by atoms with Crippen molar-refractivity contribution in [1.29, 1.82) is 0 Å². The van der Waals surface area contributed by atoms with E-state index in [4.69, 9.17) is 6.42 Å². The van der Waals surface area contributed by atoms with Crippen LogP contribution in [0, 0.1) is 12.3 Å². The van der Waals surface area contributed by atoms with Crippen molar-refractivity contribution in [2.24, 2.45) is 0 Å². The normalized spacial score (nSPS) is 12.3. The van der Waals surface area contributed by atoms with E-state index in [1.54, 1.807) is 6.20 Å². The van der Waals surface area contributed by atoms with Crippen LogP contribution in [0.25, 0.3) is 0 Å². The molecule has 1 heterocycles. The summed E-state index contributed by atoms with van der Waals surface area (Å²) in [5.74, 6) is 2.62. The molecule has 4 nitrogen and oxygen atoms in total. The molecule has 4 heteroatoms. The Hall–Kier alpha value is -1.34. The van der Waals surface area contributed by atoms with E-state index >= 15 is 0 Å². The first-order valence-electron chi connectivity index (χ1n) is 4.35. The van der Waals surface area contributed by atoms with Crippen molar-refractivity contribution in [3.8, 4) is 12.3 Å². The van der Waals surface area contributed by atoms with Crippen LogP contribution in [0.15, 0.2) is 6.20 Å². The minimum atomic E-state index is 0.257. The lowest BCUT2D eigenvalue weighted by Crippen LogP contribution is -2.16. The molecule has 0 saturated heterocycles. The number of aromatic nitrogens is 3. The number of H-pyrrole nitrogens is 1. The van der Waals surface area contributed by atoms with Crippen molar-refractivity contribution in [3.63, 3.8) is 0 Å². The van der Waals surface area contributed by atoms with Gasteiger partial charge in [-0.25, -0.2) is 0 Å². The summed E-state index contributed by atoms with van der Waals surface area (Å²) in [7, 11) is 1.91. The maximum Gasteiger partial charge on any atom is 0.0993 e. The molecule has 1 aromatic rings. The number of aromatic amines is 1. The lowest BCUT2D eigenvalue weighted by molar-refractivity contribution is 0.519. The Bertz CT molecular complexity index is 260. The predicted molar refractivity (Wildman–Crippen MR) is 50.9 cm³/mol.